The van der Waals surface area contributed by atoms with E-state index < -0.39 is 5.97 Å². The zero-order chi connectivity index (χ0) is 16.7. The summed E-state index contributed by atoms with van der Waals surface area (Å²) in [6.45, 7) is 0.220. The number of hydrogen-bond acceptors (Lipinski definition) is 3. The zero-order valence-corrected chi connectivity index (χ0v) is 13.0. The van der Waals surface area contributed by atoms with Crippen LogP contribution in [-0.4, -0.2) is 27.9 Å². The van der Waals surface area contributed by atoms with E-state index >= 15 is 0 Å². The van der Waals surface area contributed by atoms with Crippen molar-refractivity contribution >= 4 is 5.97 Å². The first kappa shape index (κ1) is 17.0. The van der Waals surface area contributed by atoms with Crippen molar-refractivity contribution in [3.05, 3.63) is 64.7 Å². The van der Waals surface area contributed by atoms with E-state index in [0.717, 1.165) is 37.7 Å². The Morgan fingerprint density at radius 2 is 1.61 bits per heavy atom. The second kappa shape index (κ2) is 8.34. The highest BCUT2D eigenvalue weighted by Crippen LogP contribution is 2.21. The highest BCUT2D eigenvalue weighted by atomic mass is 16.4. The van der Waals surface area contributed by atoms with E-state index in [4.69, 9.17) is 10.2 Å². The average molecular weight is 314 g/mol. The molecule has 0 aliphatic carbocycles. The molecular formula is C19H22O4. The molecule has 0 aromatic heterocycles. The molecule has 3 N–H and O–H groups in total. The Labute approximate surface area is 136 Å². The standard InChI is InChI=1S/C19H22O4/c20-12-4-3-7-15-5-1-2-6-16(15)10-8-14-9-11-17(19(22)23)18(21)13-14/h1-2,5-6,9,11,13,20-21H,3-4,7-8,10,12H2,(H,22,23). The minimum absolute atomic E-state index is 0.0712. The van der Waals surface area contributed by atoms with Gasteiger partial charge >= 0.3 is 5.97 Å². The van der Waals surface area contributed by atoms with Gasteiger partial charge < -0.3 is 15.3 Å². The molecule has 2 aromatic rings. The van der Waals surface area contributed by atoms with E-state index in [0.29, 0.717) is 0 Å². The number of benzene rings is 2. The molecular weight excluding hydrogens is 292 g/mol. The van der Waals surface area contributed by atoms with Crippen LogP contribution in [0.1, 0.15) is 39.9 Å². The largest absolute Gasteiger partial charge is 0.507 e. The van der Waals surface area contributed by atoms with Crippen molar-refractivity contribution in [3.8, 4) is 5.75 Å². The first-order valence-electron chi connectivity index (χ1n) is 7.84. The lowest BCUT2D eigenvalue weighted by molar-refractivity contribution is 0.0693. The first-order chi connectivity index (χ1) is 11.1. The van der Waals surface area contributed by atoms with Crippen molar-refractivity contribution < 1.29 is 20.1 Å². The molecule has 0 bridgehead atoms. The topological polar surface area (TPSA) is 77.8 Å². The van der Waals surface area contributed by atoms with Crippen LogP contribution in [0.3, 0.4) is 0 Å². The van der Waals surface area contributed by atoms with Crippen LogP contribution >= 0.6 is 0 Å². The molecule has 0 fully saturated rings. The third-order valence-electron chi connectivity index (χ3n) is 3.95. The van der Waals surface area contributed by atoms with E-state index in [-0.39, 0.29) is 17.9 Å². The number of aliphatic hydroxyl groups excluding tert-OH is 1. The number of hydrogen-bond donors (Lipinski definition) is 3. The second-order valence-electron chi connectivity index (χ2n) is 5.61. The molecule has 2 aromatic carbocycles. The molecule has 2 rings (SSSR count). The Morgan fingerprint density at radius 1 is 0.913 bits per heavy atom. The molecule has 0 saturated heterocycles. The van der Waals surface area contributed by atoms with Crippen LogP contribution in [0.5, 0.6) is 5.75 Å². The summed E-state index contributed by atoms with van der Waals surface area (Å²) in [6.07, 6.45) is 4.28. The molecule has 122 valence electrons. The Hall–Kier alpha value is -2.33. The molecule has 23 heavy (non-hydrogen) atoms. The van der Waals surface area contributed by atoms with Crippen molar-refractivity contribution in [3.63, 3.8) is 0 Å². The van der Waals surface area contributed by atoms with Gasteiger partial charge in [-0.05, 0) is 60.9 Å². The van der Waals surface area contributed by atoms with Crippen molar-refractivity contribution in [2.24, 2.45) is 0 Å². The number of aliphatic hydroxyl groups is 1. The summed E-state index contributed by atoms with van der Waals surface area (Å²) in [6, 6.07) is 13.0. The van der Waals surface area contributed by atoms with Crippen molar-refractivity contribution in [1.82, 2.24) is 0 Å². The smallest absolute Gasteiger partial charge is 0.339 e. The summed E-state index contributed by atoms with van der Waals surface area (Å²) in [4.78, 5) is 10.9. The van der Waals surface area contributed by atoms with E-state index in [1.807, 2.05) is 12.1 Å². The van der Waals surface area contributed by atoms with Crippen molar-refractivity contribution in [2.45, 2.75) is 32.1 Å². The molecule has 0 spiro atoms. The highest BCUT2D eigenvalue weighted by molar-refractivity contribution is 5.90. The monoisotopic (exact) mass is 314 g/mol. The minimum atomic E-state index is -1.12. The summed E-state index contributed by atoms with van der Waals surface area (Å²) < 4.78 is 0. The maximum atomic E-state index is 10.9. The highest BCUT2D eigenvalue weighted by Gasteiger charge is 2.10. The number of aryl methyl sites for hydroxylation is 3. The number of unbranched alkanes of at least 4 members (excludes halogenated alkanes) is 1. The third-order valence-corrected chi connectivity index (χ3v) is 3.95. The van der Waals surface area contributed by atoms with Crippen LogP contribution in [0.2, 0.25) is 0 Å². The summed E-state index contributed by atoms with van der Waals surface area (Å²) in [5, 5.41) is 27.6. The van der Waals surface area contributed by atoms with Gasteiger partial charge in [-0.25, -0.2) is 4.79 Å². The van der Waals surface area contributed by atoms with Crippen LogP contribution in [0.25, 0.3) is 0 Å². The van der Waals surface area contributed by atoms with Gasteiger partial charge in [-0.2, -0.15) is 0 Å². The lowest BCUT2D eigenvalue weighted by Crippen LogP contribution is -2.00. The minimum Gasteiger partial charge on any atom is -0.507 e. The van der Waals surface area contributed by atoms with Gasteiger partial charge in [0.25, 0.3) is 0 Å². The lowest BCUT2D eigenvalue weighted by atomic mass is 9.96. The summed E-state index contributed by atoms with van der Waals surface area (Å²) in [5.74, 6) is -1.31. The fourth-order valence-electron chi connectivity index (χ4n) is 2.67. The van der Waals surface area contributed by atoms with Gasteiger partial charge in [-0.1, -0.05) is 30.3 Å². The number of aromatic carboxylic acids is 1. The molecule has 4 heteroatoms. The third kappa shape index (κ3) is 4.83. The Morgan fingerprint density at radius 3 is 2.22 bits per heavy atom. The van der Waals surface area contributed by atoms with Crippen LogP contribution in [0, 0.1) is 0 Å². The first-order valence-corrected chi connectivity index (χ1v) is 7.84. The zero-order valence-electron chi connectivity index (χ0n) is 13.0. The molecule has 0 aliphatic heterocycles. The number of carboxylic acids is 1. The average Bonchev–Trinajstić information content (AvgIpc) is 2.54. The van der Waals surface area contributed by atoms with Crippen LogP contribution in [-0.2, 0) is 19.3 Å². The number of carboxylic acid groups (broad SMARTS) is 1. The second-order valence-corrected chi connectivity index (χ2v) is 5.61. The van der Waals surface area contributed by atoms with E-state index in [1.54, 1.807) is 6.07 Å². The van der Waals surface area contributed by atoms with Gasteiger partial charge in [0.05, 0.1) is 0 Å². The Balaban J connectivity index is 2.03. The molecule has 0 atom stereocenters. The van der Waals surface area contributed by atoms with Crippen LogP contribution in [0.15, 0.2) is 42.5 Å². The molecule has 0 heterocycles. The van der Waals surface area contributed by atoms with Gasteiger partial charge in [-0.15, -0.1) is 0 Å². The summed E-state index contributed by atoms with van der Waals surface area (Å²) in [5.41, 5.74) is 3.38. The van der Waals surface area contributed by atoms with Gasteiger partial charge in [0, 0.05) is 6.61 Å². The maximum Gasteiger partial charge on any atom is 0.339 e. The summed E-state index contributed by atoms with van der Waals surface area (Å²) in [7, 11) is 0. The predicted molar refractivity (Wildman–Crippen MR) is 88.9 cm³/mol. The lowest BCUT2D eigenvalue weighted by Gasteiger charge is -2.10. The molecule has 0 aliphatic rings. The molecule has 0 saturated carbocycles. The van der Waals surface area contributed by atoms with Gasteiger partial charge in [0.15, 0.2) is 0 Å². The predicted octanol–water partition coefficient (Wildman–Crippen LogP) is 3.19. The number of rotatable bonds is 8. The molecule has 0 amide bonds. The number of phenols is 1. The molecule has 4 nitrogen and oxygen atoms in total. The van der Waals surface area contributed by atoms with Gasteiger partial charge in [0.2, 0.25) is 0 Å². The fraction of sp³-hybridized carbons (Fsp3) is 0.316. The van der Waals surface area contributed by atoms with Crippen molar-refractivity contribution in [2.75, 3.05) is 6.61 Å². The van der Waals surface area contributed by atoms with E-state index in [9.17, 15) is 9.90 Å². The van der Waals surface area contributed by atoms with Crippen LogP contribution in [0.4, 0.5) is 0 Å². The van der Waals surface area contributed by atoms with E-state index in [2.05, 4.69) is 12.1 Å². The van der Waals surface area contributed by atoms with Gasteiger partial charge in [-0.3, -0.25) is 0 Å². The number of aromatic hydroxyl groups is 1. The van der Waals surface area contributed by atoms with E-state index in [1.165, 1.54) is 23.3 Å². The van der Waals surface area contributed by atoms with Crippen LogP contribution < -0.4 is 0 Å². The van der Waals surface area contributed by atoms with Crippen molar-refractivity contribution in [1.29, 1.82) is 0 Å². The Bertz CT molecular complexity index is 664. The number of carbonyl (C=O) groups is 1. The van der Waals surface area contributed by atoms with Gasteiger partial charge in [0.1, 0.15) is 11.3 Å². The molecule has 0 unspecified atom stereocenters. The molecule has 0 radical (unpaired) electrons. The Kier molecular flexibility index (Phi) is 6.18. The normalized spacial score (nSPS) is 10.7. The quantitative estimate of drug-likeness (QED) is 0.654. The maximum absolute atomic E-state index is 10.9. The summed E-state index contributed by atoms with van der Waals surface area (Å²) >= 11 is 0. The fourth-order valence-corrected chi connectivity index (χ4v) is 2.67. The SMILES string of the molecule is O=C(O)c1ccc(CCc2ccccc2CCCCO)cc1O.